The van der Waals surface area contributed by atoms with Gasteiger partial charge < -0.3 is 20.1 Å². The first-order chi connectivity index (χ1) is 16.2. The molecule has 2 aromatic carbocycles. The highest BCUT2D eigenvalue weighted by atomic mass is 16.5. The number of nitrogens with zero attached hydrogens (tertiary/aromatic N) is 4. The first-order valence-corrected chi connectivity index (χ1v) is 11.2. The lowest BCUT2D eigenvalue weighted by molar-refractivity contribution is 0.321. The predicted molar refractivity (Wildman–Crippen MR) is 130 cm³/mol. The fourth-order valence-electron chi connectivity index (χ4n) is 4.17. The summed E-state index contributed by atoms with van der Waals surface area (Å²) in [6, 6.07) is 16.6. The number of para-hydroxylation sites is 1. The van der Waals surface area contributed by atoms with Crippen LogP contribution >= 0.6 is 0 Å². The Labute approximate surface area is 195 Å². The van der Waals surface area contributed by atoms with Gasteiger partial charge in [0.05, 0.1) is 19.9 Å². The Balaban J connectivity index is 1.32. The summed E-state index contributed by atoms with van der Waals surface area (Å²) in [5.41, 5.74) is 3.40. The van der Waals surface area contributed by atoms with E-state index in [-0.39, 0.29) is 0 Å². The van der Waals surface area contributed by atoms with Crippen LogP contribution < -0.4 is 20.1 Å². The molecule has 1 unspecified atom stereocenters. The monoisotopic (exact) mass is 448 g/mol. The van der Waals surface area contributed by atoms with Crippen molar-refractivity contribution in [1.29, 1.82) is 0 Å². The number of hydrogen-bond donors (Lipinski definition) is 2. The highest BCUT2D eigenvalue weighted by Crippen LogP contribution is 2.24. The van der Waals surface area contributed by atoms with Crippen LogP contribution in [0.4, 0.5) is 0 Å². The molecule has 0 radical (unpaired) electrons. The number of likely N-dealkylation sites (tertiary alicyclic amines) is 1. The first-order valence-electron chi connectivity index (χ1n) is 11.2. The number of guanidine groups is 1. The van der Waals surface area contributed by atoms with E-state index in [1.807, 2.05) is 42.2 Å². The van der Waals surface area contributed by atoms with Crippen molar-refractivity contribution in [2.24, 2.45) is 4.99 Å². The molecule has 0 aliphatic carbocycles. The molecule has 1 aromatic heterocycles. The van der Waals surface area contributed by atoms with Crippen LogP contribution in [-0.4, -0.2) is 61.0 Å². The fourth-order valence-corrected chi connectivity index (χ4v) is 4.17. The van der Waals surface area contributed by atoms with Crippen molar-refractivity contribution in [3.63, 3.8) is 0 Å². The zero-order valence-electron chi connectivity index (χ0n) is 19.5. The minimum atomic E-state index is 0.338. The maximum absolute atomic E-state index is 5.41. The molecule has 3 aromatic rings. The van der Waals surface area contributed by atoms with Gasteiger partial charge in [-0.25, -0.2) is 4.68 Å². The SMILES string of the molecule is CN=C(NCc1ccccc1-n1cccn1)NC1CCN(Cc2cc(OC)cc(OC)c2)C1. The van der Waals surface area contributed by atoms with Gasteiger partial charge in [0, 0.05) is 57.7 Å². The van der Waals surface area contributed by atoms with Crippen LogP contribution in [0, 0.1) is 0 Å². The van der Waals surface area contributed by atoms with Crippen LogP contribution in [0.25, 0.3) is 5.69 Å². The van der Waals surface area contributed by atoms with Crippen molar-refractivity contribution in [3.8, 4) is 17.2 Å². The molecule has 0 saturated carbocycles. The molecule has 33 heavy (non-hydrogen) atoms. The number of hydrogen-bond acceptors (Lipinski definition) is 5. The Kier molecular flexibility index (Phi) is 7.47. The number of aliphatic imine (C=N–C) groups is 1. The molecular weight excluding hydrogens is 416 g/mol. The summed E-state index contributed by atoms with van der Waals surface area (Å²) < 4.78 is 12.7. The summed E-state index contributed by atoms with van der Waals surface area (Å²) in [6.45, 7) is 3.49. The van der Waals surface area contributed by atoms with Gasteiger partial charge in [0.2, 0.25) is 0 Å². The maximum atomic E-state index is 5.41. The lowest BCUT2D eigenvalue weighted by atomic mass is 10.2. The standard InChI is InChI=1S/C25H32N6O2/c1-26-25(27-16-20-7-4-5-8-24(20)31-11-6-10-28-31)29-21-9-12-30(18-21)17-19-13-22(32-2)15-23(14-19)33-3/h4-8,10-11,13-15,21H,9,12,16-18H2,1-3H3,(H2,26,27,29). The lowest BCUT2D eigenvalue weighted by Crippen LogP contribution is -2.44. The maximum Gasteiger partial charge on any atom is 0.191 e. The van der Waals surface area contributed by atoms with Gasteiger partial charge in [-0.15, -0.1) is 0 Å². The number of methoxy groups -OCH3 is 2. The van der Waals surface area contributed by atoms with Gasteiger partial charge >= 0.3 is 0 Å². The normalized spacial score (nSPS) is 16.6. The van der Waals surface area contributed by atoms with E-state index in [1.54, 1.807) is 20.4 Å². The van der Waals surface area contributed by atoms with Crippen LogP contribution in [0.5, 0.6) is 11.5 Å². The van der Waals surface area contributed by atoms with Gasteiger partial charge in [-0.1, -0.05) is 18.2 Å². The zero-order valence-corrected chi connectivity index (χ0v) is 19.5. The molecule has 0 bridgehead atoms. The van der Waals surface area contributed by atoms with E-state index < -0.39 is 0 Å². The van der Waals surface area contributed by atoms with Gasteiger partial charge in [-0.05, 0) is 41.8 Å². The third-order valence-electron chi connectivity index (χ3n) is 5.84. The van der Waals surface area contributed by atoms with E-state index in [1.165, 1.54) is 5.56 Å². The van der Waals surface area contributed by atoms with E-state index in [0.29, 0.717) is 12.6 Å². The summed E-state index contributed by atoms with van der Waals surface area (Å²) in [5, 5.41) is 11.4. The van der Waals surface area contributed by atoms with Crippen molar-refractivity contribution in [3.05, 3.63) is 72.1 Å². The number of aromatic nitrogens is 2. The minimum absolute atomic E-state index is 0.338. The summed E-state index contributed by atoms with van der Waals surface area (Å²) in [4.78, 5) is 6.87. The number of rotatable bonds is 8. The third kappa shape index (κ3) is 5.84. The molecule has 1 fully saturated rings. The predicted octanol–water partition coefficient (Wildman–Crippen LogP) is 2.83. The van der Waals surface area contributed by atoms with Gasteiger partial charge in [0.1, 0.15) is 11.5 Å². The van der Waals surface area contributed by atoms with Crippen molar-refractivity contribution >= 4 is 5.96 Å². The van der Waals surface area contributed by atoms with Crippen molar-refractivity contribution in [1.82, 2.24) is 25.3 Å². The lowest BCUT2D eigenvalue weighted by Gasteiger charge is -2.20. The second-order valence-electron chi connectivity index (χ2n) is 8.09. The van der Waals surface area contributed by atoms with Gasteiger partial charge in [-0.2, -0.15) is 5.10 Å². The molecule has 4 rings (SSSR count). The quantitative estimate of drug-likeness (QED) is 0.408. The van der Waals surface area contributed by atoms with E-state index in [4.69, 9.17) is 9.47 Å². The molecule has 1 aliphatic heterocycles. The van der Waals surface area contributed by atoms with Crippen LogP contribution in [0.2, 0.25) is 0 Å². The van der Waals surface area contributed by atoms with Gasteiger partial charge in [0.25, 0.3) is 0 Å². The molecule has 1 aliphatic rings. The Morgan fingerprint density at radius 1 is 1.12 bits per heavy atom. The topological polar surface area (TPSA) is 75.9 Å². The van der Waals surface area contributed by atoms with Crippen LogP contribution in [0.3, 0.4) is 0 Å². The van der Waals surface area contributed by atoms with E-state index in [2.05, 4.69) is 49.9 Å². The summed E-state index contributed by atoms with van der Waals surface area (Å²) in [7, 11) is 5.17. The van der Waals surface area contributed by atoms with Crippen LogP contribution in [-0.2, 0) is 13.1 Å². The second kappa shape index (κ2) is 10.9. The Morgan fingerprint density at radius 2 is 1.91 bits per heavy atom. The van der Waals surface area contributed by atoms with Gasteiger partial charge in [0.15, 0.2) is 5.96 Å². The molecule has 2 heterocycles. The van der Waals surface area contributed by atoms with Crippen molar-refractivity contribution in [2.75, 3.05) is 34.4 Å². The summed E-state index contributed by atoms with van der Waals surface area (Å²) >= 11 is 0. The third-order valence-corrected chi connectivity index (χ3v) is 5.84. The molecule has 174 valence electrons. The zero-order chi connectivity index (χ0) is 23.0. The fraction of sp³-hybridized carbons (Fsp3) is 0.360. The Bertz CT molecular complexity index is 1040. The highest BCUT2D eigenvalue weighted by Gasteiger charge is 2.23. The van der Waals surface area contributed by atoms with E-state index in [9.17, 15) is 0 Å². The molecule has 1 saturated heterocycles. The number of ether oxygens (including phenoxy) is 2. The number of nitrogens with one attached hydrogen (secondary N) is 2. The van der Waals surface area contributed by atoms with E-state index in [0.717, 1.165) is 54.8 Å². The minimum Gasteiger partial charge on any atom is -0.497 e. The molecule has 0 amide bonds. The van der Waals surface area contributed by atoms with Crippen LogP contribution in [0.15, 0.2) is 65.9 Å². The molecule has 8 nitrogen and oxygen atoms in total. The molecular formula is C25H32N6O2. The van der Waals surface area contributed by atoms with Crippen LogP contribution in [0.1, 0.15) is 17.5 Å². The highest BCUT2D eigenvalue weighted by molar-refractivity contribution is 5.80. The molecule has 8 heteroatoms. The largest absolute Gasteiger partial charge is 0.497 e. The average molecular weight is 449 g/mol. The average Bonchev–Trinajstić information content (AvgIpc) is 3.54. The Morgan fingerprint density at radius 3 is 2.61 bits per heavy atom. The van der Waals surface area contributed by atoms with Crippen molar-refractivity contribution in [2.45, 2.75) is 25.6 Å². The summed E-state index contributed by atoms with van der Waals surface area (Å²) in [5.74, 6) is 2.44. The molecule has 1 atom stereocenters. The Hall–Kier alpha value is -3.52. The first kappa shape index (κ1) is 22.7. The smallest absolute Gasteiger partial charge is 0.191 e. The second-order valence-corrected chi connectivity index (χ2v) is 8.09. The van der Waals surface area contributed by atoms with Gasteiger partial charge in [-0.3, -0.25) is 9.89 Å². The summed E-state index contributed by atoms with van der Waals surface area (Å²) in [6.07, 6.45) is 4.81. The number of benzene rings is 2. The molecule has 2 N–H and O–H groups in total. The molecule has 0 spiro atoms. The van der Waals surface area contributed by atoms with Crippen molar-refractivity contribution < 1.29 is 9.47 Å². The van der Waals surface area contributed by atoms with E-state index >= 15 is 0 Å².